The predicted molar refractivity (Wildman–Crippen MR) is 148 cm³/mol. The first-order valence-electron chi connectivity index (χ1n) is 14.3. The van der Waals surface area contributed by atoms with E-state index in [1.807, 2.05) is 18.5 Å². The number of carbonyl (C=O) groups is 1. The largest absolute Gasteiger partial charge is 0.477 e. The Morgan fingerprint density at radius 2 is 1.71 bits per heavy atom. The highest BCUT2D eigenvalue weighted by Gasteiger charge is 2.31. The van der Waals surface area contributed by atoms with Gasteiger partial charge in [0.2, 0.25) is 5.88 Å². The highest BCUT2D eigenvalue weighted by atomic mass is 16.5. The molecule has 8 heteroatoms. The second-order valence-electron chi connectivity index (χ2n) is 11.5. The van der Waals surface area contributed by atoms with Crippen LogP contribution in [-0.2, 0) is 6.54 Å². The van der Waals surface area contributed by atoms with Gasteiger partial charge in [0.25, 0.3) is 0 Å². The second-order valence-corrected chi connectivity index (χ2v) is 11.5. The minimum atomic E-state index is -1.03. The molecule has 3 aliphatic rings. The Hall–Kier alpha value is -2.97. The number of carboxylic acid groups (broad SMARTS) is 1. The molecule has 6 rings (SSSR count). The lowest BCUT2D eigenvalue weighted by atomic mass is 9.95. The zero-order valence-corrected chi connectivity index (χ0v) is 22.6. The Kier molecular flexibility index (Phi) is 7.10. The van der Waals surface area contributed by atoms with Crippen molar-refractivity contribution in [3.05, 3.63) is 41.6 Å². The van der Waals surface area contributed by atoms with Crippen LogP contribution in [0.5, 0.6) is 5.88 Å². The molecule has 3 aromatic rings. The van der Waals surface area contributed by atoms with Gasteiger partial charge in [0, 0.05) is 44.3 Å². The molecule has 3 fully saturated rings. The molecule has 0 radical (unpaired) electrons. The smallest absolute Gasteiger partial charge is 0.354 e. The van der Waals surface area contributed by atoms with Crippen molar-refractivity contribution in [3.63, 3.8) is 0 Å². The molecule has 0 amide bonds. The standard InChI is InChI=1S/C30H39N5O3/c1-20(2)38-29-27-25(18-26(30(36)37)31-28(27)35(32-29)24-6-4-3-5-7-24)22-10-8-21(9-11-22)19-33-14-16-34(17-15-33)23-12-13-23/h8-11,18,20,23-24H,3-7,12-17,19H2,1-2H3,(H,36,37). The van der Waals surface area contributed by atoms with Crippen LogP contribution in [0.25, 0.3) is 22.2 Å². The fraction of sp³-hybridized carbons (Fsp3) is 0.567. The van der Waals surface area contributed by atoms with Gasteiger partial charge in [0.15, 0.2) is 11.3 Å². The summed E-state index contributed by atoms with van der Waals surface area (Å²) < 4.78 is 8.13. The Morgan fingerprint density at radius 1 is 1.00 bits per heavy atom. The van der Waals surface area contributed by atoms with E-state index in [2.05, 4.69) is 39.0 Å². The Morgan fingerprint density at radius 3 is 2.34 bits per heavy atom. The topological polar surface area (TPSA) is 83.7 Å². The van der Waals surface area contributed by atoms with Gasteiger partial charge in [-0.05, 0) is 56.7 Å². The number of aromatic nitrogens is 3. The van der Waals surface area contributed by atoms with Crippen LogP contribution in [0.1, 0.15) is 80.9 Å². The molecule has 0 atom stereocenters. The molecule has 202 valence electrons. The van der Waals surface area contributed by atoms with Crippen LogP contribution in [0.4, 0.5) is 0 Å². The summed E-state index contributed by atoms with van der Waals surface area (Å²) in [5, 5.41) is 15.6. The van der Waals surface area contributed by atoms with Crippen molar-refractivity contribution < 1.29 is 14.6 Å². The number of fused-ring (bicyclic) bond motifs is 1. The first-order valence-corrected chi connectivity index (χ1v) is 14.3. The number of aromatic carboxylic acids is 1. The van der Waals surface area contributed by atoms with Gasteiger partial charge >= 0.3 is 5.97 Å². The Labute approximate surface area is 224 Å². The molecular weight excluding hydrogens is 478 g/mol. The number of piperazine rings is 1. The molecule has 2 aliphatic carbocycles. The fourth-order valence-electron chi connectivity index (χ4n) is 6.10. The van der Waals surface area contributed by atoms with Crippen LogP contribution in [0.3, 0.4) is 0 Å². The normalized spacial score (nSPS) is 19.9. The van der Waals surface area contributed by atoms with E-state index in [1.54, 1.807) is 6.07 Å². The monoisotopic (exact) mass is 517 g/mol. The molecule has 3 heterocycles. The maximum absolute atomic E-state index is 12.1. The molecule has 2 aromatic heterocycles. The molecular formula is C30H39N5O3. The van der Waals surface area contributed by atoms with Crippen molar-refractivity contribution in [1.82, 2.24) is 24.6 Å². The van der Waals surface area contributed by atoms with E-state index in [1.165, 1.54) is 37.9 Å². The van der Waals surface area contributed by atoms with Crippen molar-refractivity contribution in [3.8, 4) is 17.0 Å². The maximum atomic E-state index is 12.1. The first kappa shape index (κ1) is 25.3. The fourth-order valence-corrected chi connectivity index (χ4v) is 6.10. The van der Waals surface area contributed by atoms with E-state index >= 15 is 0 Å². The Balaban J connectivity index is 1.33. The third-order valence-electron chi connectivity index (χ3n) is 8.26. The van der Waals surface area contributed by atoms with Crippen molar-refractivity contribution in [2.24, 2.45) is 0 Å². The summed E-state index contributed by atoms with van der Waals surface area (Å²) in [6.07, 6.45) is 8.26. The maximum Gasteiger partial charge on any atom is 0.354 e. The van der Waals surface area contributed by atoms with Gasteiger partial charge in [-0.3, -0.25) is 9.80 Å². The SMILES string of the molecule is CC(C)Oc1nn(C2CCCCC2)c2nc(C(=O)O)cc(-c3ccc(CN4CCN(C5CC5)CC4)cc3)c12. The average Bonchev–Trinajstić information content (AvgIpc) is 3.71. The van der Waals surface area contributed by atoms with Crippen LogP contribution < -0.4 is 4.74 Å². The molecule has 0 unspecified atom stereocenters. The summed E-state index contributed by atoms with van der Waals surface area (Å²) in [5.41, 5.74) is 3.70. The highest BCUT2D eigenvalue weighted by molar-refractivity contribution is 6.01. The van der Waals surface area contributed by atoms with Crippen LogP contribution in [0.2, 0.25) is 0 Å². The summed E-state index contributed by atoms with van der Waals surface area (Å²) in [6.45, 7) is 9.47. The summed E-state index contributed by atoms with van der Waals surface area (Å²) >= 11 is 0. The van der Waals surface area contributed by atoms with E-state index in [4.69, 9.17) is 9.84 Å². The van der Waals surface area contributed by atoms with Gasteiger partial charge < -0.3 is 9.84 Å². The van der Waals surface area contributed by atoms with Gasteiger partial charge in [0.1, 0.15) is 0 Å². The molecule has 2 saturated carbocycles. The van der Waals surface area contributed by atoms with E-state index in [0.29, 0.717) is 11.5 Å². The molecule has 1 aromatic carbocycles. The second kappa shape index (κ2) is 10.7. The molecule has 1 aliphatic heterocycles. The van der Waals surface area contributed by atoms with Gasteiger partial charge in [0.05, 0.1) is 17.5 Å². The number of hydrogen-bond donors (Lipinski definition) is 1. The number of pyridine rings is 1. The van der Waals surface area contributed by atoms with Gasteiger partial charge in [-0.2, -0.15) is 0 Å². The minimum Gasteiger partial charge on any atom is -0.477 e. The zero-order chi connectivity index (χ0) is 26.2. The number of carboxylic acids is 1. The summed E-state index contributed by atoms with van der Waals surface area (Å²) in [6, 6.07) is 11.3. The number of nitrogens with zero attached hydrogens (tertiary/aromatic N) is 5. The van der Waals surface area contributed by atoms with Crippen molar-refractivity contribution in [2.45, 2.75) is 83.5 Å². The average molecular weight is 518 g/mol. The van der Waals surface area contributed by atoms with Crippen LogP contribution in [0.15, 0.2) is 30.3 Å². The lowest BCUT2D eigenvalue weighted by Crippen LogP contribution is -2.46. The molecule has 38 heavy (non-hydrogen) atoms. The molecule has 0 spiro atoms. The summed E-state index contributed by atoms with van der Waals surface area (Å²) in [7, 11) is 0. The Bertz CT molecular complexity index is 1280. The van der Waals surface area contributed by atoms with Crippen LogP contribution in [-0.4, -0.2) is 74.0 Å². The summed E-state index contributed by atoms with van der Waals surface area (Å²) in [4.78, 5) is 21.9. The van der Waals surface area contributed by atoms with Crippen molar-refractivity contribution in [1.29, 1.82) is 0 Å². The third kappa shape index (κ3) is 5.29. The number of benzene rings is 1. The summed E-state index contributed by atoms with van der Waals surface area (Å²) in [5.74, 6) is -0.490. The van der Waals surface area contributed by atoms with Gasteiger partial charge in [-0.15, -0.1) is 5.10 Å². The van der Waals surface area contributed by atoms with E-state index in [-0.39, 0.29) is 17.8 Å². The minimum absolute atomic E-state index is 0.0400. The highest BCUT2D eigenvalue weighted by Crippen LogP contribution is 2.39. The van der Waals surface area contributed by atoms with Crippen molar-refractivity contribution >= 4 is 17.0 Å². The number of ether oxygens (including phenoxy) is 1. The lowest BCUT2D eigenvalue weighted by Gasteiger charge is -2.34. The van der Waals surface area contributed by atoms with Crippen LogP contribution >= 0.6 is 0 Å². The first-order chi connectivity index (χ1) is 18.5. The van der Waals surface area contributed by atoms with Crippen molar-refractivity contribution in [2.75, 3.05) is 26.2 Å². The van der Waals surface area contributed by atoms with E-state index in [9.17, 15) is 9.90 Å². The third-order valence-corrected chi connectivity index (χ3v) is 8.26. The zero-order valence-electron chi connectivity index (χ0n) is 22.6. The quantitative estimate of drug-likeness (QED) is 0.430. The lowest BCUT2D eigenvalue weighted by molar-refractivity contribution is 0.0691. The predicted octanol–water partition coefficient (Wildman–Crippen LogP) is 5.37. The molecule has 1 saturated heterocycles. The number of rotatable bonds is 8. The molecule has 0 bridgehead atoms. The van der Waals surface area contributed by atoms with Gasteiger partial charge in [-0.25, -0.2) is 14.5 Å². The van der Waals surface area contributed by atoms with E-state index < -0.39 is 5.97 Å². The van der Waals surface area contributed by atoms with Crippen LogP contribution in [0, 0.1) is 0 Å². The molecule has 8 nitrogen and oxygen atoms in total. The number of hydrogen-bond acceptors (Lipinski definition) is 6. The molecule has 1 N–H and O–H groups in total. The van der Waals surface area contributed by atoms with Gasteiger partial charge in [-0.1, -0.05) is 43.5 Å². The van der Waals surface area contributed by atoms with E-state index in [0.717, 1.165) is 67.9 Å².